The lowest BCUT2D eigenvalue weighted by atomic mass is 10.1. The van der Waals surface area contributed by atoms with Gasteiger partial charge in [-0.05, 0) is 19.1 Å². The minimum absolute atomic E-state index is 0.0754. The van der Waals surface area contributed by atoms with Crippen molar-refractivity contribution in [2.75, 3.05) is 33.1 Å². The molecule has 7 nitrogen and oxygen atoms in total. The average molecular weight is 341 g/mol. The molecule has 0 aliphatic carbocycles. The van der Waals surface area contributed by atoms with Crippen LogP contribution in [0.5, 0.6) is 11.5 Å². The third-order valence-electron chi connectivity index (χ3n) is 3.73. The number of hydrogen-bond donors (Lipinski definition) is 1. The van der Waals surface area contributed by atoms with E-state index in [0.29, 0.717) is 48.4 Å². The normalized spacial score (nSPS) is 17.7. The van der Waals surface area contributed by atoms with Crippen molar-refractivity contribution >= 4 is 23.4 Å². The van der Waals surface area contributed by atoms with Crippen molar-refractivity contribution in [3.8, 4) is 11.5 Å². The molecular formula is C15H17ClN2O5. The van der Waals surface area contributed by atoms with Gasteiger partial charge in [-0.1, -0.05) is 11.6 Å². The number of fused-ring (bicyclic) bond motifs is 1. The molecule has 2 heterocycles. The fourth-order valence-corrected chi connectivity index (χ4v) is 2.76. The summed E-state index contributed by atoms with van der Waals surface area (Å²) in [6, 6.07) is 2.41. The van der Waals surface area contributed by atoms with Crippen LogP contribution in [0.1, 0.15) is 17.3 Å². The van der Waals surface area contributed by atoms with Crippen LogP contribution in [0.25, 0.3) is 0 Å². The van der Waals surface area contributed by atoms with Crippen molar-refractivity contribution in [2.24, 2.45) is 0 Å². The van der Waals surface area contributed by atoms with Gasteiger partial charge in [0.2, 0.25) is 12.7 Å². The standard InChI is InChI=1S/C15H17ClN2O5/c1-9(15(20)18-2-4-21-5-3-18)17-14(19)10-6-11(16)13-12(7-10)22-8-23-13/h6-7,9H,2-5,8H2,1H3,(H,17,19)/t9-/m0/s1. The highest BCUT2D eigenvalue weighted by molar-refractivity contribution is 6.32. The van der Waals surface area contributed by atoms with E-state index in [2.05, 4.69) is 5.32 Å². The maximum Gasteiger partial charge on any atom is 0.252 e. The van der Waals surface area contributed by atoms with Crippen LogP contribution in [0.4, 0.5) is 0 Å². The molecule has 2 aliphatic rings. The summed E-state index contributed by atoms with van der Waals surface area (Å²) < 4.78 is 15.7. The van der Waals surface area contributed by atoms with E-state index in [9.17, 15) is 9.59 Å². The molecule has 0 bridgehead atoms. The molecule has 0 spiro atoms. The van der Waals surface area contributed by atoms with Crippen molar-refractivity contribution < 1.29 is 23.8 Å². The Kier molecular flexibility index (Phi) is 4.58. The van der Waals surface area contributed by atoms with Crippen molar-refractivity contribution in [3.05, 3.63) is 22.7 Å². The highest BCUT2D eigenvalue weighted by Crippen LogP contribution is 2.39. The predicted molar refractivity (Wildman–Crippen MR) is 81.9 cm³/mol. The highest BCUT2D eigenvalue weighted by Gasteiger charge is 2.25. The van der Waals surface area contributed by atoms with Crippen LogP contribution in [-0.2, 0) is 9.53 Å². The fraction of sp³-hybridized carbons (Fsp3) is 0.467. The van der Waals surface area contributed by atoms with Crippen molar-refractivity contribution in [3.63, 3.8) is 0 Å². The number of morpholine rings is 1. The SMILES string of the molecule is C[C@H](NC(=O)c1cc(Cl)c2c(c1)OCO2)C(=O)N1CCOCC1. The number of hydrogen-bond acceptors (Lipinski definition) is 5. The fourth-order valence-electron chi connectivity index (χ4n) is 2.50. The minimum atomic E-state index is -0.634. The molecule has 0 aromatic heterocycles. The molecule has 8 heteroatoms. The lowest BCUT2D eigenvalue weighted by Crippen LogP contribution is -2.50. The van der Waals surface area contributed by atoms with E-state index in [1.54, 1.807) is 17.9 Å². The summed E-state index contributed by atoms with van der Waals surface area (Å²) in [5.74, 6) is 0.336. The highest BCUT2D eigenvalue weighted by atomic mass is 35.5. The number of carbonyl (C=O) groups excluding carboxylic acids is 2. The van der Waals surface area contributed by atoms with Gasteiger partial charge in [0, 0.05) is 18.7 Å². The second-order valence-electron chi connectivity index (χ2n) is 5.32. The Balaban J connectivity index is 1.66. The second kappa shape index (κ2) is 6.64. The number of amides is 2. The Morgan fingerprint density at radius 2 is 2.00 bits per heavy atom. The van der Waals surface area contributed by atoms with Gasteiger partial charge in [-0.2, -0.15) is 0 Å². The van der Waals surface area contributed by atoms with Crippen LogP contribution in [0.15, 0.2) is 12.1 Å². The quantitative estimate of drug-likeness (QED) is 0.890. The predicted octanol–water partition coefficient (Wildman–Crippen LogP) is 1.05. The van der Waals surface area contributed by atoms with E-state index in [1.165, 1.54) is 6.07 Å². The maximum atomic E-state index is 12.3. The van der Waals surface area contributed by atoms with Crippen LogP contribution >= 0.6 is 11.6 Å². The number of halogens is 1. The number of carbonyl (C=O) groups is 2. The molecule has 1 saturated heterocycles. The zero-order valence-corrected chi connectivity index (χ0v) is 13.4. The maximum absolute atomic E-state index is 12.3. The smallest absolute Gasteiger partial charge is 0.252 e. The topological polar surface area (TPSA) is 77.1 Å². The van der Waals surface area contributed by atoms with E-state index in [0.717, 1.165) is 0 Å². The first-order valence-electron chi connectivity index (χ1n) is 7.33. The van der Waals surface area contributed by atoms with E-state index >= 15 is 0 Å². The molecule has 3 rings (SSSR count). The first-order chi connectivity index (χ1) is 11.1. The molecule has 2 aliphatic heterocycles. The number of nitrogens with zero attached hydrogens (tertiary/aromatic N) is 1. The molecule has 0 unspecified atom stereocenters. The van der Waals surface area contributed by atoms with Gasteiger partial charge in [-0.25, -0.2) is 0 Å². The van der Waals surface area contributed by atoms with Gasteiger partial charge in [-0.3, -0.25) is 9.59 Å². The molecule has 2 amide bonds. The Labute approximate surface area is 138 Å². The Morgan fingerprint density at radius 1 is 1.26 bits per heavy atom. The molecule has 0 radical (unpaired) electrons. The third kappa shape index (κ3) is 3.35. The molecular weight excluding hydrogens is 324 g/mol. The number of ether oxygens (including phenoxy) is 3. The molecule has 1 aromatic rings. The van der Waals surface area contributed by atoms with Crippen LogP contribution in [-0.4, -0.2) is 55.9 Å². The van der Waals surface area contributed by atoms with Crippen LogP contribution in [0.3, 0.4) is 0 Å². The summed E-state index contributed by atoms with van der Waals surface area (Å²) in [6.45, 7) is 3.84. The molecule has 1 fully saturated rings. The monoisotopic (exact) mass is 340 g/mol. The summed E-state index contributed by atoms with van der Waals surface area (Å²) in [6.07, 6.45) is 0. The van der Waals surface area contributed by atoms with Crippen molar-refractivity contribution in [1.82, 2.24) is 10.2 Å². The summed E-state index contributed by atoms with van der Waals surface area (Å²) in [7, 11) is 0. The van der Waals surface area contributed by atoms with E-state index in [-0.39, 0.29) is 18.6 Å². The van der Waals surface area contributed by atoms with Gasteiger partial charge in [0.25, 0.3) is 5.91 Å². The second-order valence-corrected chi connectivity index (χ2v) is 5.73. The lowest BCUT2D eigenvalue weighted by molar-refractivity contribution is -0.136. The average Bonchev–Trinajstić information content (AvgIpc) is 3.04. The Morgan fingerprint density at radius 3 is 2.74 bits per heavy atom. The summed E-state index contributed by atoms with van der Waals surface area (Å²) >= 11 is 6.07. The number of benzene rings is 1. The minimum Gasteiger partial charge on any atom is -0.454 e. The molecule has 1 N–H and O–H groups in total. The molecule has 1 aromatic carbocycles. The zero-order valence-electron chi connectivity index (χ0n) is 12.6. The van der Waals surface area contributed by atoms with Gasteiger partial charge in [-0.15, -0.1) is 0 Å². The van der Waals surface area contributed by atoms with E-state index in [4.69, 9.17) is 25.8 Å². The van der Waals surface area contributed by atoms with Crippen LogP contribution < -0.4 is 14.8 Å². The van der Waals surface area contributed by atoms with Gasteiger partial charge in [0.15, 0.2) is 11.5 Å². The Bertz CT molecular complexity index is 631. The largest absolute Gasteiger partial charge is 0.454 e. The molecule has 124 valence electrons. The van der Waals surface area contributed by atoms with Crippen molar-refractivity contribution in [2.45, 2.75) is 13.0 Å². The third-order valence-corrected chi connectivity index (χ3v) is 4.01. The van der Waals surface area contributed by atoms with Gasteiger partial charge < -0.3 is 24.4 Å². The summed E-state index contributed by atoms with van der Waals surface area (Å²) in [5, 5.41) is 2.99. The Hall–Kier alpha value is -1.99. The van der Waals surface area contributed by atoms with Crippen LogP contribution in [0.2, 0.25) is 5.02 Å². The first kappa shape index (κ1) is 15.9. The zero-order chi connectivity index (χ0) is 16.4. The van der Waals surface area contributed by atoms with Crippen LogP contribution in [0, 0.1) is 0 Å². The summed E-state index contributed by atoms with van der Waals surface area (Å²) in [5.41, 5.74) is 0.320. The molecule has 1 atom stereocenters. The van der Waals surface area contributed by atoms with Crippen molar-refractivity contribution in [1.29, 1.82) is 0 Å². The number of rotatable bonds is 3. The molecule has 0 saturated carbocycles. The van der Waals surface area contributed by atoms with Gasteiger partial charge in [0.1, 0.15) is 6.04 Å². The lowest BCUT2D eigenvalue weighted by Gasteiger charge is -2.29. The molecule has 23 heavy (non-hydrogen) atoms. The summed E-state index contributed by atoms with van der Waals surface area (Å²) in [4.78, 5) is 26.3. The van der Waals surface area contributed by atoms with E-state index < -0.39 is 6.04 Å². The van der Waals surface area contributed by atoms with Gasteiger partial charge in [0.05, 0.1) is 18.2 Å². The van der Waals surface area contributed by atoms with E-state index in [1.807, 2.05) is 0 Å². The first-order valence-corrected chi connectivity index (χ1v) is 7.70. The number of nitrogens with one attached hydrogen (secondary N) is 1. The van der Waals surface area contributed by atoms with Gasteiger partial charge >= 0.3 is 0 Å².